The molecule has 2 aromatic rings. The fourth-order valence-corrected chi connectivity index (χ4v) is 1.85. The molecular weight excluding hydrogens is 254 g/mol. The Morgan fingerprint density at radius 1 is 1.15 bits per heavy atom. The lowest BCUT2D eigenvalue weighted by atomic mass is 10.1. The number of rotatable bonds is 5. The van der Waals surface area contributed by atoms with Crippen LogP contribution in [0.1, 0.15) is 15.9 Å². The second-order valence-electron chi connectivity index (χ2n) is 4.21. The van der Waals surface area contributed by atoms with Gasteiger partial charge < -0.3 is 14.8 Å². The van der Waals surface area contributed by atoms with E-state index in [-0.39, 0.29) is 5.91 Å². The lowest BCUT2D eigenvalue weighted by Crippen LogP contribution is -2.18. The molecule has 0 saturated heterocycles. The van der Waals surface area contributed by atoms with Crippen LogP contribution in [0.25, 0.3) is 0 Å². The molecule has 2 aromatic carbocycles. The maximum atomic E-state index is 11.6. The lowest BCUT2D eigenvalue weighted by molar-refractivity contribution is 0.0963. The largest absolute Gasteiger partial charge is 0.496 e. The number of carbonyl (C=O) groups excluding carboxylic acids is 1. The molecule has 2 rings (SSSR count). The number of amides is 1. The van der Waals surface area contributed by atoms with Crippen LogP contribution < -0.4 is 14.8 Å². The van der Waals surface area contributed by atoms with Gasteiger partial charge in [0.1, 0.15) is 18.1 Å². The van der Waals surface area contributed by atoms with Gasteiger partial charge in [-0.25, -0.2) is 0 Å². The maximum Gasteiger partial charge on any atom is 0.251 e. The van der Waals surface area contributed by atoms with Crippen LogP contribution in [0, 0.1) is 0 Å². The molecule has 0 atom stereocenters. The fraction of sp³-hybridized carbons (Fsp3) is 0.188. The zero-order chi connectivity index (χ0) is 14.4. The van der Waals surface area contributed by atoms with Crippen LogP contribution in [0.15, 0.2) is 48.5 Å². The highest BCUT2D eigenvalue weighted by molar-refractivity contribution is 5.94. The van der Waals surface area contributed by atoms with Crippen LogP contribution in [0.2, 0.25) is 0 Å². The third kappa shape index (κ3) is 3.29. The molecule has 0 aliphatic rings. The summed E-state index contributed by atoms with van der Waals surface area (Å²) < 4.78 is 11.0. The number of hydrogen-bond acceptors (Lipinski definition) is 3. The van der Waals surface area contributed by atoms with E-state index in [4.69, 9.17) is 9.47 Å². The van der Waals surface area contributed by atoms with Crippen molar-refractivity contribution in [2.24, 2.45) is 0 Å². The molecule has 1 amide bonds. The van der Waals surface area contributed by atoms with E-state index in [2.05, 4.69) is 5.32 Å². The van der Waals surface area contributed by atoms with Gasteiger partial charge in [-0.1, -0.05) is 18.2 Å². The minimum absolute atomic E-state index is 0.131. The van der Waals surface area contributed by atoms with Crippen LogP contribution in [-0.4, -0.2) is 20.1 Å². The van der Waals surface area contributed by atoms with Gasteiger partial charge in [0.15, 0.2) is 0 Å². The van der Waals surface area contributed by atoms with E-state index in [9.17, 15) is 4.79 Å². The van der Waals surface area contributed by atoms with Crippen molar-refractivity contribution in [2.75, 3.05) is 14.2 Å². The SMILES string of the molecule is CNC(=O)c1ccc(OC)c(COc2ccccc2)c1. The second kappa shape index (κ2) is 6.61. The van der Waals surface area contributed by atoms with Gasteiger partial charge >= 0.3 is 0 Å². The first-order chi connectivity index (χ1) is 9.74. The Balaban J connectivity index is 2.18. The summed E-state index contributed by atoms with van der Waals surface area (Å²) >= 11 is 0. The zero-order valence-corrected chi connectivity index (χ0v) is 11.6. The fourth-order valence-electron chi connectivity index (χ4n) is 1.85. The number of carbonyl (C=O) groups is 1. The Hall–Kier alpha value is -2.49. The molecule has 0 bridgehead atoms. The minimum Gasteiger partial charge on any atom is -0.496 e. The van der Waals surface area contributed by atoms with Gasteiger partial charge in [0, 0.05) is 18.2 Å². The van der Waals surface area contributed by atoms with Crippen molar-refractivity contribution >= 4 is 5.91 Å². The first kappa shape index (κ1) is 13.9. The van der Waals surface area contributed by atoms with E-state index in [0.29, 0.717) is 17.9 Å². The van der Waals surface area contributed by atoms with Gasteiger partial charge in [0.05, 0.1) is 7.11 Å². The van der Waals surface area contributed by atoms with E-state index in [0.717, 1.165) is 11.3 Å². The smallest absolute Gasteiger partial charge is 0.251 e. The highest BCUT2D eigenvalue weighted by atomic mass is 16.5. The van der Waals surface area contributed by atoms with Crippen LogP contribution >= 0.6 is 0 Å². The molecule has 4 nitrogen and oxygen atoms in total. The van der Waals surface area contributed by atoms with E-state index >= 15 is 0 Å². The molecule has 0 aliphatic carbocycles. The maximum absolute atomic E-state index is 11.6. The Labute approximate surface area is 118 Å². The van der Waals surface area contributed by atoms with Crippen LogP contribution in [0.4, 0.5) is 0 Å². The summed E-state index contributed by atoms with van der Waals surface area (Å²) in [6, 6.07) is 14.8. The number of ether oxygens (including phenoxy) is 2. The third-order valence-electron chi connectivity index (χ3n) is 2.91. The van der Waals surface area contributed by atoms with Gasteiger partial charge in [-0.2, -0.15) is 0 Å². The molecule has 0 heterocycles. The van der Waals surface area contributed by atoms with Crippen molar-refractivity contribution in [3.63, 3.8) is 0 Å². The predicted molar refractivity (Wildman–Crippen MR) is 77.2 cm³/mol. The summed E-state index contributed by atoms with van der Waals surface area (Å²) in [7, 11) is 3.20. The number of methoxy groups -OCH3 is 1. The van der Waals surface area contributed by atoms with Crippen molar-refractivity contribution in [3.05, 3.63) is 59.7 Å². The average molecular weight is 271 g/mol. The monoisotopic (exact) mass is 271 g/mol. The van der Waals surface area contributed by atoms with E-state index in [1.165, 1.54) is 0 Å². The van der Waals surface area contributed by atoms with Crippen LogP contribution in [-0.2, 0) is 6.61 Å². The summed E-state index contributed by atoms with van der Waals surface area (Å²) in [6.07, 6.45) is 0. The summed E-state index contributed by atoms with van der Waals surface area (Å²) in [5.74, 6) is 1.35. The molecule has 0 saturated carbocycles. The normalized spacial score (nSPS) is 9.90. The van der Waals surface area contributed by atoms with Crippen LogP contribution in [0.5, 0.6) is 11.5 Å². The number of nitrogens with one attached hydrogen (secondary N) is 1. The average Bonchev–Trinajstić information content (AvgIpc) is 2.52. The van der Waals surface area contributed by atoms with Gasteiger partial charge in [0.2, 0.25) is 0 Å². The standard InChI is InChI=1S/C16H17NO3/c1-17-16(18)12-8-9-15(19-2)13(10-12)11-20-14-6-4-3-5-7-14/h3-10H,11H2,1-2H3,(H,17,18). The van der Waals surface area contributed by atoms with Gasteiger partial charge in [-0.3, -0.25) is 4.79 Å². The van der Waals surface area contributed by atoms with Gasteiger partial charge in [-0.05, 0) is 30.3 Å². The van der Waals surface area contributed by atoms with E-state index in [1.54, 1.807) is 32.4 Å². The Morgan fingerprint density at radius 3 is 2.55 bits per heavy atom. The highest BCUT2D eigenvalue weighted by Crippen LogP contribution is 2.22. The topological polar surface area (TPSA) is 47.6 Å². The van der Waals surface area contributed by atoms with E-state index in [1.807, 2.05) is 30.3 Å². The molecule has 0 fully saturated rings. The van der Waals surface area contributed by atoms with Gasteiger partial charge in [0.25, 0.3) is 5.91 Å². The van der Waals surface area contributed by atoms with Crippen molar-refractivity contribution in [1.82, 2.24) is 5.32 Å². The van der Waals surface area contributed by atoms with Crippen molar-refractivity contribution in [1.29, 1.82) is 0 Å². The molecular formula is C16H17NO3. The van der Waals surface area contributed by atoms with Crippen molar-refractivity contribution in [2.45, 2.75) is 6.61 Å². The van der Waals surface area contributed by atoms with Crippen molar-refractivity contribution < 1.29 is 14.3 Å². The molecule has 0 aromatic heterocycles. The number of benzene rings is 2. The highest BCUT2D eigenvalue weighted by Gasteiger charge is 2.09. The molecule has 4 heteroatoms. The van der Waals surface area contributed by atoms with Gasteiger partial charge in [-0.15, -0.1) is 0 Å². The van der Waals surface area contributed by atoms with Crippen LogP contribution in [0.3, 0.4) is 0 Å². The predicted octanol–water partition coefficient (Wildman–Crippen LogP) is 2.63. The minimum atomic E-state index is -0.131. The second-order valence-corrected chi connectivity index (χ2v) is 4.21. The quantitative estimate of drug-likeness (QED) is 0.909. The molecule has 0 unspecified atom stereocenters. The molecule has 0 aliphatic heterocycles. The summed E-state index contributed by atoms with van der Waals surface area (Å²) in [5, 5.41) is 2.60. The molecule has 0 radical (unpaired) electrons. The molecule has 20 heavy (non-hydrogen) atoms. The van der Waals surface area contributed by atoms with Crippen molar-refractivity contribution in [3.8, 4) is 11.5 Å². The third-order valence-corrected chi connectivity index (χ3v) is 2.91. The lowest BCUT2D eigenvalue weighted by Gasteiger charge is -2.11. The first-order valence-corrected chi connectivity index (χ1v) is 6.31. The molecule has 1 N–H and O–H groups in total. The molecule has 0 spiro atoms. The number of hydrogen-bond donors (Lipinski definition) is 1. The first-order valence-electron chi connectivity index (χ1n) is 6.31. The Morgan fingerprint density at radius 2 is 1.90 bits per heavy atom. The number of para-hydroxylation sites is 1. The zero-order valence-electron chi connectivity index (χ0n) is 11.6. The Kier molecular flexibility index (Phi) is 4.60. The molecule has 104 valence electrons. The summed E-state index contributed by atoms with van der Waals surface area (Å²) in [5.41, 5.74) is 1.41. The van der Waals surface area contributed by atoms with E-state index < -0.39 is 0 Å². The summed E-state index contributed by atoms with van der Waals surface area (Å²) in [6.45, 7) is 0.345. The Bertz CT molecular complexity index is 582. The summed E-state index contributed by atoms with van der Waals surface area (Å²) in [4.78, 5) is 11.6.